The molecule has 0 radical (unpaired) electrons. The summed E-state index contributed by atoms with van der Waals surface area (Å²) in [5.74, 6) is 1.55. The lowest BCUT2D eigenvalue weighted by Gasteiger charge is -2.32. The molecule has 0 aromatic rings. The molecule has 25 heavy (non-hydrogen) atoms. The summed E-state index contributed by atoms with van der Waals surface area (Å²) in [5.41, 5.74) is 0. The third kappa shape index (κ3) is 7.92. The summed E-state index contributed by atoms with van der Waals surface area (Å²) in [6, 6.07) is 0.499. The number of aliphatic imine (C=N–C) groups is 1. The average Bonchev–Trinajstić information content (AvgIpc) is 2.65. The van der Waals surface area contributed by atoms with E-state index in [4.69, 9.17) is 9.73 Å². The number of likely N-dealkylation sites (tertiary alicyclic amines) is 1. The van der Waals surface area contributed by atoms with Gasteiger partial charge in [-0.25, -0.2) is 0 Å². The van der Waals surface area contributed by atoms with Crippen LogP contribution in [0.25, 0.3) is 0 Å². The van der Waals surface area contributed by atoms with Gasteiger partial charge in [-0.2, -0.15) is 0 Å². The highest BCUT2D eigenvalue weighted by atomic mass is 16.5. The maximum absolute atomic E-state index is 5.44. The SMILES string of the molecule is CCNC(=NCC(C)CN1CCCCC1)NCC(C)N1CCOCC1. The van der Waals surface area contributed by atoms with Gasteiger partial charge in [0.2, 0.25) is 0 Å². The second kappa shape index (κ2) is 11.7. The fourth-order valence-electron chi connectivity index (χ4n) is 3.62. The third-order valence-electron chi connectivity index (χ3n) is 5.16. The van der Waals surface area contributed by atoms with Gasteiger partial charge in [0.05, 0.1) is 13.2 Å². The molecule has 0 saturated carbocycles. The Morgan fingerprint density at radius 3 is 2.44 bits per heavy atom. The van der Waals surface area contributed by atoms with Crippen LogP contribution in [0.2, 0.25) is 0 Å². The van der Waals surface area contributed by atoms with E-state index in [0.29, 0.717) is 12.0 Å². The standard InChI is InChI=1S/C19H39N5O/c1-4-20-19(22-15-18(3)24-10-12-25-13-11-24)21-14-17(2)16-23-8-6-5-7-9-23/h17-18H,4-16H2,1-3H3,(H2,20,21,22). The van der Waals surface area contributed by atoms with Crippen molar-refractivity contribution < 1.29 is 4.74 Å². The Bertz CT molecular complexity index is 378. The van der Waals surface area contributed by atoms with Crippen LogP contribution in [0.1, 0.15) is 40.0 Å². The molecule has 2 fully saturated rings. The highest BCUT2D eigenvalue weighted by molar-refractivity contribution is 5.79. The molecule has 146 valence electrons. The Morgan fingerprint density at radius 1 is 1.04 bits per heavy atom. The van der Waals surface area contributed by atoms with Gasteiger partial charge in [0.25, 0.3) is 0 Å². The van der Waals surface area contributed by atoms with Crippen molar-refractivity contribution in [2.45, 2.75) is 46.1 Å². The van der Waals surface area contributed by atoms with Crippen LogP contribution in [-0.2, 0) is 4.74 Å². The number of rotatable bonds is 8. The van der Waals surface area contributed by atoms with E-state index in [1.54, 1.807) is 0 Å². The summed E-state index contributed by atoms with van der Waals surface area (Å²) in [5, 5.41) is 6.90. The van der Waals surface area contributed by atoms with Crippen molar-refractivity contribution in [2.75, 3.05) is 65.6 Å². The maximum atomic E-state index is 5.44. The Balaban J connectivity index is 1.72. The van der Waals surface area contributed by atoms with E-state index in [0.717, 1.165) is 51.9 Å². The molecule has 0 amide bonds. The zero-order chi connectivity index (χ0) is 17.9. The quantitative estimate of drug-likeness (QED) is 0.510. The van der Waals surface area contributed by atoms with Crippen LogP contribution in [0.3, 0.4) is 0 Å². The molecule has 2 unspecified atom stereocenters. The number of nitrogens with one attached hydrogen (secondary N) is 2. The van der Waals surface area contributed by atoms with Gasteiger partial charge in [-0.1, -0.05) is 13.3 Å². The first kappa shape index (κ1) is 20.5. The van der Waals surface area contributed by atoms with Gasteiger partial charge in [-0.3, -0.25) is 9.89 Å². The largest absolute Gasteiger partial charge is 0.379 e. The second-order valence-corrected chi connectivity index (χ2v) is 7.56. The molecular formula is C19H39N5O. The number of guanidine groups is 1. The van der Waals surface area contributed by atoms with Gasteiger partial charge in [0.1, 0.15) is 0 Å². The molecule has 0 aliphatic carbocycles. The van der Waals surface area contributed by atoms with Crippen molar-refractivity contribution >= 4 is 5.96 Å². The predicted molar refractivity (Wildman–Crippen MR) is 105 cm³/mol. The smallest absolute Gasteiger partial charge is 0.191 e. The zero-order valence-electron chi connectivity index (χ0n) is 16.6. The molecule has 2 heterocycles. The van der Waals surface area contributed by atoms with Gasteiger partial charge in [0.15, 0.2) is 5.96 Å². The van der Waals surface area contributed by atoms with Crippen LogP contribution in [0.5, 0.6) is 0 Å². The number of hydrogen-bond donors (Lipinski definition) is 2. The molecule has 2 rings (SSSR count). The lowest BCUT2D eigenvalue weighted by Crippen LogP contribution is -2.49. The normalized spacial score (nSPS) is 23.2. The van der Waals surface area contributed by atoms with Crippen molar-refractivity contribution in [1.82, 2.24) is 20.4 Å². The minimum atomic E-state index is 0.499. The molecule has 0 aromatic carbocycles. The second-order valence-electron chi connectivity index (χ2n) is 7.56. The van der Waals surface area contributed by atoms with Crippen LogP contribution in [-0.4, -0.2) is 87.4 Å². The van der Waals surface area contributed by atoms with Crippen LogP contribution in [0.15, 0.2) is 4.99 Å². The van der Waals surface area contributed by atoms with Gasteiger partial charge in [-0.15, -0.1) is 0 Å². The molecule has 0 spiro atoms. The molecule has 2 aliphatic heterocycles. The molecule has 6 nitrogen and oxygen atoms in total. The Labute approximate surface area is 154 Å². The Morgan fingerprint density at radius 2 is 1.76 bits per heavy atom. The highest BCUT2D eigenvalue weighted by Crippen LogP contribution is 2.11. The monoisotopic (exact) mass is 353 g/mol. The average molecular weight is 354 g/mol. The van der Waals surface area contributed by atoms with E-state index in [1.165, 1.54) is 38.9 Å². The molecule has 2 aliphatic rings. The summed E-state index contributed by atoms with van der Waals surface area (Å²) in [4.78, 5) is 9.91. The van der Waals surface area contributed by atoms with Crippen molar-refractivity contribution in [1.29, 1.82) is 0 Å². The van der Waals surface area contributed by atoms with Crippen molar-refractivity contribution in [3.05, 3.63) is 0 Å². The molecule has 0 bridgehead atoms. The molecule has 2 atom stereocenters. The summed E-state index contributed by atoms with van der Waals surface area (Å²) in [7, 11) is 0. The molecular weight excluding hydrogens is 314 g/mol. The van der Waals surface area contributed by atoms with E-state index in [1.807, 2.05) is 0 Å². The van der Waals surface area contributed by atoms with Gasteiger partial charge in [0, 0.05) is 45.3 Å². The van der Waals surface area contributed by atoms with Crippen LogP contribution < -0.4 is 10.6 Å². The van der Waals surface area contributed by atoms with Crippen molar-refractivity contribution in [3.63, 3.8) is 0 Å². The maximum Gasteiger partial charge on any atom is 0.191 e. The molecule has 2 N–H and O–H groups in total. The topological polar surface area (TPSA) is 52.1 Å². The lowest BCUT2D eigenvalue weighted by molar-refractivity contribution is 0.0211. The number of morpholine rings is 1. The highest BCUT2D eigenvalue weighted by Gasteiger charge is 2.17. The Hall–Kier alpha value is -0.850. The van der Waals surface area contributed by atoms with E-state index in [9.17, 15) is 0 Å². The summed E-state index contributed by atoms with van der Waals surface area (Å²) in [6.07, 6.45) is 4.12. The van der Waals surface area contributed by atoms with E-state index >= 15 is 0 Å². The molecule has 6 heteroatoms. The van der Waals surface area contributed by atoms with Crippen LogP contribution >= 0.6 is 0 Å². The van der Waals surface area contributed by atoms with E-state index < -0.39 is 0 Å². The predicted octanol–water partition coefficient (Wildman–Crippen LogP) is 1.38. The van der Waals surface area contributed by atoms with E-state index in [-0.39, 0.29) is 0 Å². The molecule has 2 saturated heterocycles. The zero-order valence-corrected chi connectivity index (χ0v) is 16.6. The van der Waals surface area contributed by atoms with Crippen molar-refractivity contribution in [2.24, 2.45) is 10.9 Å². The first-order valence-corrected chi connectivity index (χ1v) is 10.3. The fraction of sp³-hybridized carbons (Fsp3) is 0.947. The fourth-order valence-corrected chi connectivity index (χ4v) is 3.62. The van der Waals surface area contributed by atoms with Crippen LogP contribution in [0.4, 0.5) is 0 Å². The Kier molecular flexibility index (Phi) is 9.58. The summed E-state index contributed by atoms with van der Waals surface area (Å²) < 4.78 is 5.44. The minimum Gasteiger partial charge on any atom is -0.379 e. The summed E-state index contributed by atoms with van der Waals surface area (Å²) >= 11 is 0. The van der Waals surface area contributed by atoms with Gasteiger partial charge >= 0.3 is 0 Å². The van der Waals surface area contributed by atoms with Gasteiger partial charge in [-0.05, 0) is 45.7 Å². The summed E-state index contributed by atoms with van der Waals surface area (Å²) in [6.45, 7) is 16.9. The van der Waals surface area contributed by atoms with E-state index in [2.05, 4.69) is 41.2 Å². The third-order valence-corrected chi connectivity index (χ3v) is 5.16. The van der Waals surface area contributed by atoms with Crippen molar-refractivity contribution in [3.8, 4) is 0 Å². The first-order valence-electron chi connectivity index (χ1n) is 10.3. The minimum absolute atomic E-state index is 0.499. The lowest BCUT2D eigenvalue weighted by atomic mass is 10.1. The van der Waals surface area contributed by atoms with Gasteiger partial charge < -0.3 is 20.3 Å². The number of hydrogen-bond acceptors (Lipinski definition) is 4. The number of piperidine rings is 1. The number of ether oxygens (including phenoxy) is 1. The molecule has 0 aromatic heterocycles. The first-order chi connectivity index (χ1) is 12.2. The number of nitrogens with zero attached hydrogens (tertiary/aromatic N) is 3. The van der Waals surface area contributed by atoms with Crippen LogP contribution in [0, 0.1) is 5.92 Å².